The first-order valence-electron chi connectivity index (χ1n) is 12.7. The van der Waals surface area contributed by atoms with Gasteiger partial charge in [-0.1, -0.05) is 30.0 Å². The molecule has 0 unspecified atom stereocenters. The first-order chi connectivity index (χ1) is 19.2. The highest BCUT2D eigenvalue weighted by atomic mass is 32.2. The summed E-state index contributed by atoms with van der Waals surface area (Å²) < 4.78 is 0. The van der Waals surface area contributed by atoms with Crippen LogP contribution in [-0.4, -0.2) is 90.9 Å². The predicted octanol–water partition coefficient (Wildman–Crippen LogP) is 0.424. The molecule has 2 aliphatic heterocycles. The zero-order valence-electron chi connectivity index (χ0n) is 21.4. The number of rotatable bonds is 10. The number of carboxylic acid groups (broad SMARTS) is 1. The number of Topliss-reactive ketones (excluding diaryl/α,β-unsaturated/α-hetero) is 1. The molecule has 210 valence electrons. The molecule has 40 heavy (non-hydrogen) atoms. The molecular formula is C26H28N6O7S. The van der Waals surface area contributed by atoms with Crippen molar-refractivity contribution in [2.24, 2.45) is 0 Å². The highest BCUT2D eigenvalue weighted by molar-refractivity contribution is 7.99. The number of carbonyl (C=O) groups excluding carboxylic acids is 5. The van der Waals surface area contributed by atoms with Crippen LogP contribution >= 0.6 is 11.8 Å². The average molecular weight is 569 g/mol. The number of thioether (sulfide) groups is 1. The van der Waals surface area contributed by atoms with Gasteiger partial charge in [-0.2, -0.15) is 0 Å². The van der Waals surface area contributed by atoms with Crippen LogP contribution in [0, 0.1) is 0 Å². The van der Waals surface area contributed by atoms with Gasteiger partial charge < -0.3 is 15.7 Å². The minimum atomic E-state index is -1.37. The fraction of sp³-hybridized carbons (Fsp3) is 0.385. The number of aromatic nitrogens is 2. The largest absolute Gasteiger partial charge is 0.481 e. The molecule has 4 amide bonds. The van der Waals surface area contributed by atoms with Gasteiger partial charge in [-0.15, -0.1) is 0 Å². The molecule has 13 nitrogen and oxygen atoms in total. The number of carbonyl (C=O) groups is 6. The van der Waals surface area contributed by atoms with Crippen LogP contribution in [0.5, 0.6) is 0 Å². The lowest BCUT2D eigenvalue weighted by molar-refractivity contribution is -0.176. The number of hydrogen-bond donors (Lipinski definition) is 3. The number of ketones is 1. The fourth-order valence-corrected chi connectivity index (χ4v) is 5.26. The third-order valence-corrected chi connectivity index (χ3v) is 7.37. The van der Waals surface area contributed by atoms with E-state index in [9.17, 15) is 33.9 Å². The maximum Gasteiger partial charge on any atom is 0.305 e. The second kappa shape index (κ2) is 13.2. The van der Waals surface area contributed by atoms with Crippen molar-refractivity contribution in [1.82, 2.24) is 30.6 Å². The van der Waals surface area contributed by atoms with Gasteiger partial charge in [0.1, 0.15) is 12.1 Å². The van der Waals surface area contributed by atoms with Gasteiger partial charge in [-0.05, 0) is 37.5 Å². The summed E-state index contributed by atoms with van der Waals surface area (Å²) in [5, 5.41) is 17.1. The molecule has 2 saturated heterocycles. The molecule has 2 fully saturated rings. The zero-order valence-corrected chi connectivity index (χ0v) is 22.2. The summed E-state index contributed by atoms with van der Waals surface area (Å²) in [4.78, 5) is 85.1. The Balaban J connectivity index is 1.50. The van der Waals surface area contributed by atoms with Crippen LogP contribution in [0.2, 0.25) is 0 Å². The van der Waals surface area contributed by atoms with Crippen LogP contribution < -0.4 is 10.6 Å². The molecule has 0 aliphatic carbocycles. The number of benzene rings is 1. The molecular weight excluding hydrogens is 540 g/mol. The van der Waals surface area contributed by atoms with Gasteiger partial charge in [0, 0.05) is 30.9 Å². The monoisotopic (exact) mass is 568 g/mol. The second-order valence-electron chi connectivity index (χ2n) is 9.23. The summed E-state index contributed by atoms with van der Waals surface area (Å²) in [6.45, 7) is 0.207. The van der Waals surface area contributed by atoms with Gasteiger partial charge in [0.2, 0.25) is 11.8 Å². The minimum absolute atomic E-state index is 0.0186. The molecule has 0 saturated carbocycles. The van der Waals surface area contributed by atoms with E-state index >= 15 is 0 Å². The van der Waals surface area contributed by atoms with E-state index in [1.54, 1.807) is 36.4 Å². The van der Waals surface area contributed by atoms with Crippen LogP contribution in [0.25, 0.3) is 0 Å². The molecule has 3 atom stereocenters. The third-order valence-electron chi connectivity index (χ3n) is 6.47. The number of aliphatic carboxylic acids is 1. The number of amides is 4. The molecule has 1 aromatic carbocycles. The Kier molecular flexibility index (Phi) is 9.43. The molecule has 2 aliphatic rings. The van der Waals surface area contributed by atoms with Crippen molar-refractivity contribution >= 4 is 47.1 Å². The third kappa shape index (κ3) is 7.00. The van der Waals surface area contributed by atoms with Crippen LogP contribution in [-0.2, 0) is 24.0 Å². The standard InChI is InChI=1S/C26H28N6O7S/c33-20(15-40-26-27-11-5-12-28-26)18(14-22(35)36)30-24(38)19-8-4-13-31-21(34)10-9-17(25(39)32(19)31)29-23(37)16-6-2-1-3-7-16/h1-3,5-7,11-12,17-19H,4,8-10,13-15H2,(H,29,37)(H,30,38)(H,35,36)/t17-,18-,19-/m0/s1. The number of fused-ring (bicyclic) bond motifs is 1. The number of nitrogens with one attached hydrogen (secondary N) is 2. The maximum absolute atomic E-state index is 13.6. The maximum atomic E-state index is 13.6. The molecule has 14 heteroatoms. The summed E-state index contributed by atoms with van der Waals surface area (Å²) in [7, 11) is 0. The molecule has 1 aromatic heterocycles. The molecule has 0 spiro atoms. The summed E-state index contributed by atoms with van der Waals surface area (Å²) >= 11 is 0.999. The van der Waals surface area contributed by atoms with E-state index in [4.69, 9.17) is 0 Å². The quantitative estimate of drug-likeness (QED) is 0.269. The van der Waals surface area contributed by atoms with Crippen molar-refractivity contribution < 1.29 is 33.9 Å². The highest BCUT2D eigenvalue weighted by Crippen LogP contribution is 2.25. The topological polar surface area (TPSA) is 179 Å². The molecule has 3 heterocycles. The molecule has 4 rings (SSSR count). The lowest BCUT2D eigenvalue weighted by Gasteiger charge is -2.43. The van der Waals surface area contributed by atoms with Crippen molar-refractivity contribution in [3.8, 4) is 0 Å². The Morgan fingerprint density at radius 2 is 1.77 bits per heavy atom. The lowest BCUT2D eigenvalue weighted by atomic mass is 10.0. The van der Waals surface area contributed by atoms with E-state index < -0.39 is 54.0 Å². The number of nitrogens with zero attached hydrogens (tertiary/aromatic N) is 4. The summed E-state index contributed by atoms with van der Waals surface area (Å²) in [5.41, 5.74) is 0.337. The molecule has 3 N–H and O–H groups in total. The summed E-state index contributed by atoms with van der Waals surface area (Å²) in [6, 6.07) is 6.29. The van der Waals surface area contributed by atoms with Gasteiger partial charge in [0.05, 0.1) is 18.2 Å². The van der Waals surface area contributed by atoms with Gasteiger partial charge in [-0.25, -0.2) is 15.0 Å². The number of carboxylic acids is 1. The first kappa shape index (κ1) is 28.7. The van der Waals surface area contributed by atoms with Crippen molar-refractivity contribution in [1.29, 1.82) is 0 Å². The Bertz CT molecular complexity index is 1280. The van der Waals surface area contributed by atoms with Gasteiger partial charge in [-0.3, -0.25) is 33.8 Å². The highest BCUT2D eigenvalue weighted by Gasteiger charge is 2.45. The van der Waals surface area contributed by atoms with Crippen molar-refractivity contribution in [3.63, 3.8) is 0 Å². The second-order valence-corrected chi connectivity index (χ2v) is 10.2. The van der Waals surface area contributed by atoms with Crippen LogP contribution in [0.3, 0.4) is 0 Å². The van der Waals surface area contributed by atoms with Crippen molar-refractivity contribution in [2.75, 3.05) is 12.3 Å². The first-order valence-corrected chi connectivity index (χ1v) is 13.7. The van der Waals surface area contributed by atoms with E-state index in [2.05, 4.69) is 20.6 Å². The minimum Gasteiger partial charge on any atom is -0.481 e. The fourth-order valence-electron chi connectivity index (χ4n) is 4.52. The Labute approximate surface area is 233 Å². The molecule has 0 radical (unpaired) electrons. The Hall–Kier alpha value is -4.33. The van der Waals surface area contributed by atoms with E-state index in [-0.39, 0.29) is 37.5 Å². The lowest BCUT2D eigenvalue weighted by Crippen LogP contribution is -2.64. The zero-order chi connectivity index (χ0) is 28.6. The predicted molar refractivity (Wildman–Crippen MR) is 140 cm³/mol. The van der Waals surface area contributed by atoms with Gasteiger partial charge in [0.15, 0.2) is 10.9 Å². The van der Waals surface area contributed by atoms with Gasteiger partial charge in [0.25, 0.3) is 11.8 Å². The normalized spacial score (nSPS) is 19.7. The van der Waals surface area contributed by atoms with E-state index in [1.807, 2.05) is 0 Å². The Morgan fingerprint density at radius 3 is 2.48 bits per heavy atom. The van der Waals surface area contributed by atoms with Crippen LogP contribution in [0.15, 0.2) is 53.9 Å². The number of hydrazine groups is 1. The van der Waals surface area contributed by atoms with Crippen molar-refractivity contribution in [3.05, 3.63) is 54.4 Å². The van der Waals surface area contributed by atoms with E-state index in [0.29, 0.717) is 17.1 Å². The summed E-state index contributed by atoms with van der Waals surface area (Å²) in [6.07, 6.45) is 2.96. The van der Waals surface area contributed by atoms with E-state index in [1.165, 1.54) is 17.4 Å². The van der Waals surface area contributed by atoms with Crippen molar-refractivity contribution in [2.45, 2.75) is 55.4 Å². The van der Waals surface area contributed by atoms with Crippen LogP contribution in [0.1, 0.15) is 42.5 Å². The van der Waals surface area contributed by atoms with E-state index in [0.717, 1.165) is 16.8 Å². The smallest absolute Gasteiger partial charge is 0.305 e. The molecule has 0 bridgehead atoms. The van der Waals surface area contributed by atoms with Gasteiger partial charge >= 0.3 is 5.97 Å². The average Bonchev–Trinajstić information content (AvgIpc) is 3.08. The molecule has 2 aromatic rings. The summed E-state index contributed by atoms with van der Waals surface area (Å²) in [5.74, 6) is -4.31. The number of hydrogen-bond acceptors (Lipinski definition) is 9. The Morgan fingerprint density at radius 1 is 1.05 bits per heavy atom. The van der Waals surface area contributed by atoms with Crippen LogP contribution in [0.4, 0.5) is 0 Å². The SMILES string of the molecule is O=C(O)C[C@H](NC(=O)[C@@H]1CCCN2C(=O)CC[C@H](NC(=O)c3ccccc3)C(=O)N12)C(=O)CSc1ncccn1.